The summed E-state index contributed by atoms with van der Waals surface area (Å²) in [5.74, 6) is -2.26. The van der Waals surface area contributed by atoms with Crippen molar-refractivity contribution in [2.75, 3.05) is 5.75 Å². The van der Waals surface area contributed by atoms with E-state index >= 15 is 0 Å². The van der Waals surface area contributed by atoms with Crippen molar-refractivity contribution in [2.24, 2.45) is 5.16 Å². The predicted octanol–water partition coefficient (Wildman–Crippen LogP) is -0.793. The average Bonchev–Trinajstić information content (AvgIpc) is 1.99. The smallest absolute Gasteiger partial charge is 0.372 e. The molecule has 0 aromatic carbocycles. The van der Waals surface area contributed by atoms with Gasteiger partial charge in [-0.1, -0.05) is 5.16 Å². The van der Waals surface area contributed by atoms with Crippen LogP contribution in [0.25, 0.3) is 0 Å². The van der Waals surface area contributed by atoms with Gasteiger partial charge in [0, 0.05) is 0 Å². The number of carbonyl (C=O) groups excluding carboxylic acids is 1. The normalized spacial score (nSPS) is 13.0. The maximum absolute atomic E-state index is 11.1. The SMILES string of the molecule is CC(C)(CS(=O)(=O)[O-])OC(=O)/C(C#N)=N\O. The Morgan fingerprint density at radius 3 is 2.44 bits per heavy atom. The lowest BCUT2D eigenvalue weighted by molar-refractivity contribution is -0.145. The van der Waals surface area contributed by atoms with Crippen LogP contribution in [0.15, 0.2) is 5.16 Å². The number of oxime groups is 1. The average molecular weight is 249 g/mol. The van der Waals surface area contributed by atoms with Crippen molar-refractivity contribution in [3.63, 3.8) is 0 Å². The molecule has 0 aromatic heterocycles. The quantitative estimate of drug-likeness (QED) is 0.226. The molecule has 0 atom stereocenters. The number of esters is 1. The van der Waals surface area contributed by atoms with Gasteiger partial charge in [-0.3, -0.25) is 0 Å². The molecule has 0 heterocycles. The van der Waals surface area contributed by atoms with Gasteiger partial charge in [-0.2, -0.15) is 5.26 Å². The maximum atomic E-state index is 11.1. The summed E-state index contributed by atoms with van der Waals surface area (Å²) in [6.45, 7) is 2.35. The predicted molar refractivity (Wildman–Crippen MR) is 49.6 cm³/mol. The third-order valence-corrected chi connectivity index (χ3v) is 2.34. The van der Waals surface area contributed by atoms with Crippen LogP contribution in [0, 0.1) is 11.3 Å². The summed E-state index contributed by atoms with van der Waals surface area (Å²) < 4.78 is 35.9. The zero-order valence-corrected chi connectivity index (χ0v) is 9.31. The Labute approximate surface area is 91.9 Å². The molecule has 0 fully saturated rings. The minimum Gasteiger partial charge on any atom is -0.748 e. The topological polar surface area (TPSA) is 140 Å². The van der Waals surface area contributed by atoms with E-state index in [2.05, 4.69) is 9.89 Å². The van der Waals surface area contributed by atoms with Crippen molar-refractivity contribution in [3.8, 4) is 6.07 Å². The third kappa shape index (κ3) is 5.28. The van der Waals surface area contributed by atoms with Crippen LogP contribution < -0.4 is 0 Å². The second-order valence-corrected chi connectivity index (χ2v) is 4.82. The lowest BCUT2D eigenvalue weighted by Crippen LogP contribution is -2.37. The molecule has 0 rings (SSSR count). The first kappa shape index (κ1) is 14.3. The van der Waals surface area contributed by atoms with E-state index in [-0.39, 0.29) is 0 Å². The molecule has 1 N–H and O–H groups in total. The summed E-state index contributed by atoms with van der Waals surface area (Å²) in [7, 11) is -4.58. The molecule has 0 spiro atoms. The molecule has 0 saturated heterocycles. The number of hydrogen-bond acceptors (Lipinski definition) is 8. The van der Waals surface area contributed by atoms with Crippen molar-refractivity contribution < 1.29 is 27.7 Å². The molecule has 0 aromatic rings. The summed E-state index contributed by atoms with van der Waals surface area (Å²) in [6, 6.07) is 1.23. The molecule has 0 bridgehead atoms. The van der Waals surface area contributed by atoms with E-state index in [9.17, 15) is 17.8 Å². The van der Waals surface area contributed by atoms with Gasteiger partial charge in [-0.15, -0.1) is 0 Å². The van der Waals surface area contributed by atoms with E-state index in [1.807, 2.05) is 0 Å². The van der Waals surface area contributed by atoms with Gasteiger partial charge in [0.25, 0.3) is 5.71 Å². The van der Waals surface area contributed by atoms with Crippen LogP contribution in [0.4, 0.5) is 0 Å². The number of ether oxygens (including phenoxy) is 1. The highest BCUT2D eigenvalue weighted by molar-refractivity contribution is 7.85. The monoisotopic (exact) mass is 249 g/mol. The highest BCUT2D eigenvalue weighted by Crippen LogP contribution is 2.12. The molecular weight excluding hydrogens is 240 g/mol. The van der Waals surface area contributed by atoms with Crippen LogP contribution in [0.2, 0.25) is 0 Å². The minimum atomic E-state index is -4.58. The Hall–Kier alpha value is -1.66. The lowest BCUT2D eigenvalue weighted by Gasteiger charge is -2.25. The number of hydrogen-bond donors (Lipinski definition) is 1. The van der Waals surface area contributed by atoms with Crippen LogP contribution in [-0.4, -0.2) is 41.2 Å². The Balaban J connectivity index is 4.75. The minimum absolute atomic E-state index is 0.934. The summed E-state index contributed by atoms with van der Waals surface area (Å²) >= 11 is 0. The van der Waals surface area contributed by atoms with Crippen molar-refractivity contribution in [2.45, 2.75) is 19.4 Å². The summed E-state index contributed by atoms with van der Waals surface area (Å²) in [5, 5.41) is 18.9. The summed E-state index contributed by atoms with van der Waals surface area (Å²) in [4.78, 5) is 11.1. The van der Waals surface area contributed by atoms with Crippen molar-refractivity contribution in [1.29, 1.82) is 5.26 Å². The van der Waals surface area contributed by atoms with Crippen molar-refractivity contribution in [1.82, 2.24) is 0 Å². The largest absolute Gasteiger partial charge is 0.748 e. The van der Waals surface area contributed by atoms with E-state index in [1.165, 1.54) is 19.9 Å². The number of nitriles is 1. The molecule has 9 heteroatoms. The second kappa shape index (κ2) is 4.91. The zero-order valence-electron chi connectivity index (χ0n) is 8.50. The van der Waals surface area contributed by atoms with Crippen LogP contribution >= 0.6 is 0 Å². The maximum Gasteiger partial charge on any atom is 0.372 e. The van der Waals surface area contributed by atoms with Gasteiger partial charge < -0.3 is 14.5 Å². The molecule has 0 saturated carbocycles. The van der Waals surface area contributed by atoms with Crippen LogP contribution in [-0.2, 0) is 19.6 Å². The van der Waals surface area contributed by atoms with E-state index < -0.39 is 33.2 Å². The molecule has 0 unspecified atom stereocenters. The Kier molecular flexibility index (Phi) is 4.40. The van der Waals surface area contributed by atoms with E-state index in [0.717, 1.165) is 0 Å². The van der Waals surface area contributed by atoms with Crippen LogP contribution in [0.3, 0.4) is 0 Å². The van der Waals surface area contributed by atoms with Gasteiger partial charge >= 0.3 is 5.97 Å². The highest BCUT2D eigenvalue weighted by atomic mass is 32.2. The molecule has 8 nitrogen and oxygen atoms in total. The van der Waals surface area contributed by atoms with Gasteiger partial charge in [-0.25, -0.2) is 13.2 Å². The first-order valence-electron chi connectivity index (χ1n) is 3.90. The van der Waals surface area contributed by atoms with Crippen LogP contribution in [0.1, 0.15) is 13.8 Å². The fraction of sp³-hybridized carbons (Fsp3) is 0.571. The van der Waals surface area contributed by atoms with Gasteiger partial charge in [0.15, 0.2) is 0 Å². The van der Waals surface area contributed by atoms with Crippen molar-refractivity contribution in [3.05, 3.63) is 0 Å². The summed E-state index contributed by atoms with van der Waals surface area (Å²) in [5.41, 5.74) is -2.54. The van der Waals surface area contributed by atoms with Crippen molar-refractivity contribution >= 4 is 21.8 Å². The molecular formula is C7H9N2O6S-. The Bertz CT molecular complexity index is 444. The molecule has 0 radical (unpaired) electrons. The van der Waals surface area contributed by atoms with Crippen LogP contribution in [0.5, 0.6) is 0 Å². The number of nitrogens with zero attached hydrogens (tertiary/aromatic N) is 2. The fourth-order valence-electron chi connectivity index (χ4n) is 0.863. The van der Waals surface area contributed by atoms with Gasteiger partial charge in [-0.05, 0) is 13.8 Å². The van der Waals surface area contributed by atoms with Gasteiger partial charge in [0.05, 0.1) is 15.9 Å². The van der Waals surface area contributed by atoms with E-state index in [0.29, 0.717) is 0 Å². The Morgan fingerprint density at radius 2 is 2.12 bits per heavy atom. The fourth-order valence-corrected chi connectivity index (χ4v) is 1.77. The van der Waals surface area contributed by atoms with Gasteiger partial charge in [0.2, 0.25) is 0 Å². The highest BCUT2D eigenvalue weighted by Gasteiger charge is 2.28. The summed E-state index contributed by atoms with van der Waals surface area (Å²) in [6.07, 6.45) is 0. The number of carbonyl (C=O) groups is 1. The third-order valence-electron chi connectivity index (χ3n) is 1.29. The number of rotatable bonds is 4. The molecule has 90 valence electrons. The molecule has 0 amide bonds. The zero-order chi connectivity index (χ0) is 13.0. The van der Waals surface area contributed by atoms with E-state index in [4.69, 9.17) is 10.5 Å². The second-order valence-electron chi connectivity index (χ2n) is 3.41. The molecule has 0 aliphatic heterocycles. The lowest BCUT2D eigenvalue weighted by atomic mass is 10.2. The molecule has 16 heavy (non-hydrogen) atoms. The Morgan fingerprint density at radius 1 is 1.62 bits per heavy atom. The molecule has 0 aliphatic carbocycles. The first-order chi connectivity index (χ1) is 7.11. The van der Waals surface area contributed by atoms with Gasteiger partial charge in [0.1, 0.15) is 11.7 Å². The van der Waals surface area contributed by atoms with E-state index in [1.54, 1.807) is 0 Å². The standard InChI is InChI=1S/C7H10N2O6S/c1-7(2,4-16(12,13)14)15-6(10)5(3-8)9-11/h11H,4H2,1-2H3,(H,12,13,14)/p-1/b9-5-. The first-order valence-corrected chi connectivity index (χ1v) is 5.48. The molecule has 0 aliphatic rings.